The molecule has 0 saturated carbocycles. The molecular formula is C19H24N2O4. The van der Waals surface area contributed by atoms with Crippen LogP contribution in [-0.4, -0.2) is 42.6 Å². The van der Waals surface area contributed by atoms with E-state index in [1.165, 1.54) is 6.08 Å². The van der Waals surface area contributed by atoms with Crippen LogP contribution in [0, 0.1) is 11.3 Å². The van der Waals surface area contributed by atoms with Gasteiger partial charge >= 0.3 is 5.97 Å². The third kappa shape index (κ3) is 6.68. The van der Waals surface area contributed by atoms with Gasteiger partial charge in [0.1, 0.15) is 17.4 Å². The first-order valence-corrected chi connectivity index (χ1v) is 8.24. The number of carbonyl (C=O) groups excluding carboxylic acids is 2. The summed E-state index contributed by atoms with van der Waals surface area (Å²) in [6, 6.07) is 8.73. The van der Waals surface area contributed by atoms with Crippen LogP contribution in [0.15, 0.2) is 29.8 Å². The standard InChI is InChI=1S/C19H24N2O4/c1-5-21(6-2)19(23)16(12-20)11-15-7-9-17(10-8-15)24-13-18(22)25-14(3)4/h7-11,14H,5-6,13H2,1-4H3/b16-11-. The van der Waals surface area contributed by atoms with E-state index in [0.29, 0.717) is 24.4 Å². The molecule has 6 nitrogen and oxygen atoms in total. The van der Waals surface area contributed by atoms with Crippen LogP contribution in [0.3, 0.4) is 0 Å². The quantitative estimate of drug-likeness (QED) is 0.411. The molecule has 0 aliphatic carbocycles. The number of benzene rings is 1. The Labute approximate surface area is 148 Å². The number of carbonyl (C=O) groups is 2. The summed E-state index contributed by atoms with van der Waals surface area (Å²) in [6.45, 7) is 8.20. The van der Waals surface area contributed by atoms with E-state index in [1.807, 2.05) is 19.9 Å². The van der Waals surface area contributed by atoms with E-state index >= 15 is 0 Å². The summed E-state index contributed by atoms with van der Waals surface area (Å²) in [5.74, 6) is -0.216. The molecule has 0 radical (unpaired) electrons. The van der Waals surface area contributed by atoms with Crippen molar-refractivity contribution in [3.63, 3.8) is 0 Å². The van der Waals surface area contributed by atoms with Crippen LogP contribution in [0.2, 0.25) is 0 Å². The van der Waals surface area contributed by atoms with Crippen molar-refractivity contribution in [2.24, 2.45) is 0 Å². The lowest BCUT2D eigenvalue weighted by Gasteiger charge is -2.17. The molecule has 1 amide bonds. The van der Waals surface area contributed by atoms with Gasteiger partial charge in [-0.05, 0) is 51.5 Å². The molecule has 0 aliphatic rings. The highest BCUT2D eigenvalue weighted by Gasteiger charge is 2.15. The molecule has 0 aliphatic heterocycles. The molecule has 6 heteroatoms. The highest BCUT2D eigenvalue weighted by Crippen LogP contribution is 2.15. The second-order valence-corrected chi connectivity index (χ2v) is 5.54. The lowest BCUT2D eigenvalue weighted by Crippen LogP contribution is -2.31. The molecule has 134 valence electrons. The largest absolute Gasteiger partial charge is 0.482 e. The molecule has 25 heavy (non-hydrogen) atoms. The predicted molar refractivity (Wildman–Crippen MR) is 94.7 cm³/mol. The van der Waals surface area contributed by atoms with Crippen molar-refractivity contribution in [1.29, 1.82) is 5.26 Å². The summed E-state index contributed by atoms with van der Waals surface area (Å²) in [7, 11) is 0. The van der Waals surface area contributed by atoms with Crippen LogP contribution >= 0.6 is 0 Å². The van der Waals surface area contributed by atoms with Crippen LogP contribution in [-0.2, 0) is 14.3 Å². The minimum atomic E-state index is -0.435. The SMILES string of the molecule is CCN(CC)C(=O)/C(C#N)=C\c1ccc(OCC(=O)OC(C)C)cc1. The van der Waals surface area contributed by atoms with Gasteiger partial charge in [0.2, 0.25) is 0 Å². The molecule has 0 fully saturated rings. The average molecular weight is 344 g/mol. The molecule has 1 rings (SSSR count). The van der Waals surface area contributed by atoms with Gasteiger partial charge in [0.25, 0.3) is 5.91 Å². The van der Waals surface area contributed by atoms with E-state index in [1.54, 1.807) is 43.0 Å². The molecule has 0 N–H and O–H groups in total. The summed E-state index contributed by atoms with van der Waals surface area (Å²) in [4.78, 5) is 25.3. The maximum atomic E-state index is 12.2. The third-order valence-electron chi connectivity index (χ3n) is 3.32. The van der Waals surface area contributed by atoms with Gasteiger partial charge in [0.15, 0.2) is 6.61 Å². The van der Waals surface area contributed by atoms with Crippen LogP contribution in [0.5, 0.6) is 5.75 Å². The van der Waals surface area contributed by atoms with E-state index in [2.05, 4.69) is 0 Å². The van der Waals surface area contributed by atoms with Crippen LogP contribution in [0.25, 0.3) is 6.08 Å². The molecule has 1 aromatic carbocycles. The zero-order valence-corrected chi connectivity index (χ0v) is 15.1. The zero-order valence-electron chi connectivity index (χ0n) is 15.1. The minimum absolute atomic E-state index is 0.0814. The summed E-state index contributed by atoms with van der Waals surface area (Å²) in [5.41, 5.74) is 0.784. The van der Waals surface area contributed by atoms with Gasteiger partial charge in [0.05, 0.1) is 6.10 Å². The van der Waals surface area contributed by atoms with E-state index in [-0.39, 0.29) is 24.2 Å². The van der Waals surface area contributed by atoms with Gasteiger partial charge in [-0.2, -0.15) is 5.26 Å². The van der Waals surface area contributed by atoms with E-state index in [9.17, 15) is 14.9 Å². The van der Waals surface area contributed by atoms with Crippen molar-refractivity contribution >= 4 is 18.0 Å². The average Bonchev–Trinajstić information content (AvgIpc) is 2.59. The first-order chi connectivity index (χ1) is 11.9. The molecule has 0 spiro atoms. The van der Waals surface area contributed by atoms with Crippen molar-refractivity contribution < 1.29 is 19.1 Å². The highest BCUT2D eigenvalue weighted by atomic mass is 16.6. The predicted octanol–water partition coefficient (Wildman–Crippen LogP) is 2.79. The van der Waals surface area contributed by atoms with Crippen LogP contribution < -0.4 is 4.74 Å². The van der Waals surface area contributed by atoms with Gasteiger partial charge in [-0.3, -0.25) is 4.79 Å². The Hall–Kier alpha value is -2.81. The Morgan fingerprint density at radius 1 is 1.20 bits per heavy atom. The Balaban J connectivity index is 2.76. The van der Waals surface area contributed by atoms with Crippen molar-refractivity contribution in [2.75, 3.05) is 19.7 Å². The smallest absolute Gasteiger partial charge is 0.344 e. The number of ether oxygens (including phenoxy) is 2. The Morgan fingerprint density at radius 3 is 2.28 bits per heavy atom. The molecule has 0 bridgehead atoms. The fourth-order valence-electron chi connectivity index (χ4n) is 2.09. The van der Waals surface area contributed by atoms with Gasteiger partial charge in [-0.15, -0.1) is 0 Å². The van der Waals surface area contributed by atoms with E-state index < -0.39 is 5.97 Å². The number of likely N-dealkylation sites (N-methyl/N-ethyl adjacent to an activating group) is 1. The van der Waals surface area contributed by atoms with Crippen molar-refractivity contribution in [2.45, 2.75) is 33.8 Å². The zero-order chi connectivity index (χ0) is 18.8. The third-order valence-corrected chi connectivity index (χ3v) is 3.32. The lowest BCUT2D eigenvalue weighted by molar-refractivity contribution is -0.149. The fraction of sp³-hybridized carbons (Fsp3) is 0.421. The maximum absolute atomic E-state index is 12.2. The molecule has 0 atom stereocenters. The maximum Gasteiger partial charge on any atom is 0.344 e. The number of amides is 1. The Kier molecular flexibility index (Phi) is 8.21. The van der Waals surface area contributed by atoms with E-state index in [0.717, 1.165) is 0 Å². The monoisotopic (exact) mass is 344 g/mol. The number of hydrogen-bond donors (Lipinski definition) is 0. The van der Waals surface area contributed by atoms with Crippen molar-refractivity contribution in [1.82, 2.24) is 4.90 Å². The second kappa shape index (κ2) is 10.1. The Morgan fingerprint density at radius 2 is 1.80 bits per heavy atom. The molecule has 0 saturated heterocycles. The van der Waals surface area contributed by atoms with Crippen molar-refractivity contribution in [3.8, 4) is 11.8 Å². The van der Waals surface area contributed by atoms with Gasteiger partial charge in [0, 0.05) is 13.1 Å². The molecule has 0 unspecified atom stereocenters. The topological polar surface area (TPSA) is 79.6 Å². The van der Waals surface area contributed by atoms with E-state index in [4.69, 9.17) is 9.47 Å². The normalized spacial score (nSPS) is 11.0. The highest BCUT2D eigenvalue weighted by molar-refractivity contribution is 6.01. The Bertz CT molecular complexity index is 653. The molecular weight excluding hydrogens is 320 g/mol. The van der Waals surface area contributed by atoms with Crippen LogP contribution in [0.4, 0.5) is 0 Å². The summed E-state index contributed by atoms with van der Waals surface area (Å²) in [5, 5.41) is 9.23. The number of hydrogen-bond acceptors (Lipinski definition) is 5. The molecule has 1 aromatic rings. The number of nitrogens with zero attached hydrogens (tertiary/aromatic N) is 2. The minimum Gasteiger partial charge on any atom is -0.482 e. The number of rotatable bonds is 8. The molecule has 0 aromatic heterocycles. The fourth-order valence-corrected chi connectivity index (χ4v) is 2.09. The lowest BCUT2D eigenvalue weighted by atomic mass is 10.1. The first-order valence-electron chi connectivity index (χ1n) is 8.24. The summed E-state index contributed by atoms with van der Waals surface area (Å²) < 4.78 is 10.3. The molecule has 0 heterocycles. The van der Waals surface area contributed by atoms with Gasteiger partial charge in [-0.25, -0.2) is 4.79 Å². The number of nitriles is 1. The summed E-state index contributed by atoms with van der Waals surface area (Å²) >= 11 is 0. The van der Waals surface area contributed by atoms with Gasteiger partial charge < -0.3 is 14.4 Å². The van der Waals surface area contributed by atoms with Crippen LogP contribution in [0.1, 0.15) is 33.3 Å². The summed E-state index contributed by atoms with van der Waals surface area (Å²) in [6.07, 6.45) is 1.36. The number of esters is 1. The van der Waals surface area contributed by atoms with Crippen molar-refractivity contribution in [3.05, 3.63) is 35.4 Å². The van der Waals surface area contributed by atoms with Gasteiger partial charge in [-0.1, -0.05) is 12.1 Å². The second-order valence-electron chi connectivity index (χ2n) is 5.54. The first kappa shape index (κ1) is 20.2.